The molecule has 1 heterocycles. The summed E-state index contributed by atoms with van der Waals surface area (Å²) in [5.41, 5.74) is 0.790. The Kier molecular flexibility index (Phi) is 5.08. The third-order valence-corrected chi connectivity index (χ3v) is 3.92. The van der Waals surface area contributed by atoms with Gasteiger partial charge in [-0.2, -0.15) is 0 Å². The quantitative estimate of drug-likeness (QED) is 0.750. The monoisotopic (exact) mass is 326 g/mol. The minimum absolute atomic E-state index is 0.0575. The van der Waals surface area contributed by atoms with Gasteiger partial charge in [-0.1, -0.05) is 26.7 Å². The summed E-state index contributed by atoms with van der Waals surface area (Å²) in [5.74, 6) is 0.806. The first kappa shape index (κ1) is 14.6. The summed E-state index contributed by atoms with van der Waals surface area (Å²) in [6, 6.07) is 2.45. The lowest BCUT2D eigenvalue weighted by Gasteiger charge is -2.09. The summed E-state index contributed by atoms with van der Waals surface area (Å²) in [4.78, 5) is 12.2. The van der Waals surface area contributed by atoms with E-state index in [4.69, 9.17) is 0 Å². The number of amides is 1. The molecule has 0 radical (unpaired) electrons. The molecule has 1 saturated carbocycles. The molecule has 0 atom stereocenters. The van der Waals surface area contributed by atoms with Crippen molar-refractivity contribution in [2.45, 2.75) is 52.0 Å². The molecule has 1 amide bonds. The second kappa shape index (κ2) is 6.60. The van der Waals surface area contributed by atoms with Gasteiger partial charge in [0.05, 0.1) is 0 Å². The summed E-state index contributed by atoms with van der Waals surface area (Å²) in [7, 11) is 0. The third-order valence-electron chi connectivity index (χ3n) is 3.48. The first-order valence-corrected chi connectivity index (χ1v) is 8.03. The first-order valence-electron chi connectivity index (χ1n) is 7.23. The highest BCUT2D eigenvalue weighted by Crippen LogP contribution is 2.37. The van der Waals surface area contributed by atoms with Crippen LogP contribution in [0.15, 0.2) is 16.7 Å². The Morgan fingerprint density at radius 1 is 1.47 bits per heavy atom. The van der Waals surface area contributed by atoms with Crippen molar-refractivity contribution in [2.75, 3.05) is 6.54 Å². The summed E-state index contributed by atoms with van der Waals surface area (Å²) in [6.45, 7) is 5.25. The van der Waals surface area contributed by atoms with E-state index in [0.717, 1.165) is 29.1 Å². The number of unbranched alkanes of at least 4 members (excludes halogenated alkanes) is 1. The average Bonchev–Trinajstić information content (AvgIpc) is 3.11. The summed E-state index contributed by atoms with van der Waals surface area (Å²) in [5, 5.41) is 3.03. The van der Waals surface area contributed by atoms with E-state index in [2.05, 4.69) is 39.7 Å². The SMILES string of the molecule is CC(C)CCCCNC(=O)c1cc(Br)cn1C1CC1. The maximum Gasteiger partial charge on any atom is 0.267 e. The predicted molar refractivity (Wildman–Crippen MR) is 81.4 cm³/mol. The van der Waals surface area contributed by atoms with E-state index >= 15 is 0 Å². The molecule has 0 aliphatic heterocycles. The van der Waals surface area contributed by atoms with E-state index in [1.54, 1.807) is 0 Å². The van der Waals surface area contributed by atoms with Crippen LogP contribution in [0.2, 0.25) is 0 Å². The van der Waals surface area contributed by atoms with Crippen LogP contribution >= 0.6 is 15.9 Å². The Bertz CT molecular complexity index is 435. The molecule has 1 aliphatic rings. The molecule has 1 aromatic heterocycles. The first-order chi connectivity index (χ1) is 9.08. The highest BCUT2D eigenvalue weighted by molar-refractivity contribution is 9.10. The second-order valence-corrected chi connectivity index (χ2v) is 6.74. The molecule has 0 aromatic carbocycles. The Hall–Kier alpha value is -0.770. The molecule has 1 aliphatic carbocycles. The van der Waals surface area contributed by atoms with Gasteiger partial charge in [0.2, 0.25) is 0 Å². The lowest BCUT2D eigenvalue weighted by molar-refractivity contribution is 0.0943. The van der Waals surface area contributed by atoms with Crippen LogP contribution in [0.4, 0.5) is 0 Å². The Morgan fingerprint density at radius 2 is 2.21 bits per heavy atom. The minimum atomic E-state index is 0.0575. The van der Waals surface area contributed by atoms with Crippen molar-refractivity contribution in [1.82, 2.24) is 9.88 Å². The molecule has 0 saturated heterocycles. The van der Waals surface area contributed by atoms with Crippen molar-refractivity contribution >= 4 is 21.8 Å². The van der Waals surface area contributed by atoms with Crippen molar-refractivity contribution < 1.29 is 4.79 Å². The smallest absolute Gasteiger partial charge is 0.267 e. The molecule has 0 bridgehead atoms. The molecule has 0 spiro atoms. The fourth-order valence-electron chi connectivity index (χ4n) is 2.25. The number of nitrogens with one attached hydrogen (secondary N) is 1. The number of rotatable bonds is 7. The highest BCUT2D eigenvalue weighted by Gasteiger charge is 2.27. The number of hydrogen-bond donors (Lipinski definition) is 1. The van der Waals surface area contributed by atoms with Crippen molar-refractivity contribution in [3.05, 3.63) is 22.4 Å². The van der Waals surface area contributed by atoms with Gasteiger partial charge in [0.25, 0.3) is 5.91 Å². The van der Waals surface area contributed by atoms with Gasteiger partial charge < -0.3 is 9.88 Å². The second-order valence-electron chi connectivity index (χ2n) is 5.83. The summed E-state index contributed by atoms with van der Waals surface area (Å²) < 4.78 is 3.09. The highest BCUT2D eigenvalue weighted by atomic mass is 79.9. The van der Waals surface area contributed by atoms with Gasteiger partial charge >= 0.3 is 0 Å². The van der Waals surface area contributed by atoms with Crippen molar-refractivity contribution in [3.63, 3.8) is 0 Å². The third kappa shape index (κ3) is 4.37. The van der Waals surface area contributed by atoms with E-state index in [0.29, 0.717) is 6.04 Å². The Labute approximate surface area is 123 Å². The van der Waals surface area contributed by atoms with Crippen LogP contribution < -0.4 is 5.32 Å². The van der Waals surface area contributed by atoms with Crippen LogP contribution in [-0.2, 0) is 0 Å². The van der Waals surface area contributed by atoms with Crippen LogP contribution in [0.5, 0.6) is 0 Å². The van der Waals surface area contributed by atoms with Crippen molar-refractivity contribution in [2.24, 2.45) is 5.92 Å². The Morgan fingerprint density at radius 3 is 2.84 bits per heavy atom. The zero-order valence-corrected chi connectivity index (χ0v) is 13.4. The van der Waals surface area contributed by atoms with Crippen LogP contribution in [-0.4, -0.2) is 17.0 Å². The summed E-state index contributed by atoms with van der Waals surface area (Å²) in [6.07, 6.45) is 7.89. The molecule has 0 unspecified atom stereocenters. The van der Waals surface area contributed by atoms with Crippen molar-refractivity contribution in [1.29, 1.82) is 0 Å². The molecular formula is C15H23BrN2O. The maximum atomic E-state index is 12.2. The van der Waals surface area contributed by atoms with Crippen LogP contribution in [0.3, 0.4) is 0 Å². The van der Waals surface area contributed by atoms with Gasteiger partial charge in [0.1, 0.15) is 5.69 Å². The largest absolute Gasteiger partial charge is 0.351 e. The molecule has 4 heteroatoms. The van der Waals surface area contributed by atoms with E-state index in [9.17, 15) is 4.79 Å². The molecule has 2 rings (SSSR count). The zero-order chi connectivity index (χ0) is 13.8. The molecule has 1 N–H and O–H groups in total. The number of nitrogens with zero attached hydrogens (tertiary/aromatic N) is 1. The molecule has 106 valence electrons. The Balaban J connectivity index is 1.79. The topological polar surface area (TPSA) is 34.0 Å². The van der Waals surface area contributed by atoms with Crippen molar-refractivity contribution in [3.8, 4) is 0 Å². The standard InChI is InChI=1S/C15H23BrN2O/c1-11(2)5-3-4-8-17-15(19)14-9-12(16)10-18(14)13-6-7-13/h9-11,13H,3-8H2,1-2H3,(H,17,19). The number of carbonyl (C=O) groups excluding carboxylic acids is 1. The zero-order valence-electron chi connectivity index (χ0n) is 11.8. The van der Waals surface area contributed by atoms with Gasteiger partial charge in [-0.05, 0) is 47.2 Å². The molecule has 1 fully saturated rings. The van der Waals surface area contributed by atoms with Gasteiger partial charge in [-0.3, -0.25) is 4.79 Å². The lowest BCUT2D eigenvalue weighted by Crippen LogP contribution is -2.26. The predicted octanol–water partition coefficient (Wildman–Crippen LogP) is 4.14. The normalized spacial score (nSPS) is 14.9. The van der Waals surface area contributed by atoms with E-state index < -0.39 is 0 Å². The molecule has 19 heavy (non-hydrogen) atoms. The van der Waals surface area contributed by atoms with Gasteiger partial charge in [-0.15, -0.1) is 0 Å². The lowest BCUT2D eigenvalue weighted by atomic mass is 10.1. The molecular weight excluding hydrogens is 304 g/mol. The number of aromatic nitrogens is 1. The van der Waals surface area contributed by atoms with Crippen LogP contribution in [0.1, 0.15) is 62.5 Å². The average molecular weight is 327 g/mol. The fraction of sp³-hybridized carbons (Fsp3) is 0.667. The molecule has 1 aromatic rings. The van der Waals surface area contributed by atoms with E-state index in [-0.39, 0.29) is 5.91 Å². The number of hydrogen-bond acceptors (Lipinski definition) is 1. The van der Waals surface area contributed by atoms with Gasteiger partial charge in [0.15, 0.2) is 0 Å². The van der Waals surface area contributed by atoms with Crippen LogP contribution in [0, 0.1) is 5.92 Å². The number of halogens is 1. The summed E-state index contributed by atoms with van der Waals surface area (Å²) >= 11 is 3.46. The minimum Gasteiger partial charge on any atom is -0.351 e. The van der Waals surface area contributed by atoms with E-state index in [1.165, 1.54) is 25.7 Å². The number of carbonyl (C=O) groups is 1. The van der Waals surface area contributed by atoms with Gasteiger partial charge in [0, 0.05) is 23.3 Å². The van der Waals surface area contributed by atoms with Gasteiger partial charge in [-0.25, -0.2) is 0 Å². The fourth-order valence-corrected chi connectivity index (χ4v) is 2.69. The maximum absolute atomic E-state index is 12.2. The van der Waals surface area contributed by atoms with E-state index in [1.807, 2.05) is 12.3 Å². The van der Waals surface area contributed by atoms with Crippen LogP contribution in [0.25, 0.3) is 0 Å². The molecule has 3 nitrogen and oxygen atoms in total.